The first-order valence-corrected chi connectivity index (χ1v) is 7.44. The van der Waals surface area contributed by atoms with E-state index in [1.54, 1.807) is 13.8 Å². The van der Waals surface area contributed by atoms with Crippen molar-refractivity contribution in [2.24, 2.45) is 11.7 Å². The van der Waals surface area contributed by atoms with Gasteiger partial charge < -0.3 is 15.8 Å². The molecule has 0 aliphatic carbocycles. The van der Waals surface area contributed by atoms with Crippen LogP contribution in [0.2, 0.25) is 5.02 Å². The summed E-state index contributed by atoms with van der Waals surface area (Å²) in [6.07, 6.45) is -5.64. The average Bonchev–Trinajstić information content (AvgIpc) is 2.43. The molecule has 24 heavy (non-hydrogen) atoms. The molecule has 5 nitrogen and oxygen atoms in total. The number of ether oxygens (including phenoxy) is 1. The second kappa shape index (κ2) is 7.74. The maximum absolute atomic E-state index is 12.6. The zero-order valence-electron chi connectivity index (χ0n) is 13.3. The Morgan fingerprint density at radius 1 is 1.25 bits per heavy atom. The predicted molar refractivity (Wildman–Crippen MR) is 83.5 cm³/mol. The Kier molecular flexibility index (Phi) is 6.48. The van der Waals surface area contributed by atoms with E-state index in [1.807, 2.05) is 0 Å². The summed E-state index contributed by atoms with van der Waals surface area (Å²) in [7, 11) is 0. The molecule has 1 amide bonds. The van der Waals surface area contributed by atoms with Crippen molar-refractivity contribution >= 4 is 29.2 Å². The third-order valence-electron chi connectivity index (χ3n) is 3.22. The number of carbonyl (C=O) groups is 2. The first kappa shape index (κ1) is 20.1. The second-order valence-corrected chi connectivity index (χ2v) is 5.95. The highest BCUT2D eigenvalue weighted by Crippen LogP contribution is 2.34. The van der Waals surface area contributed by atoms with E-state index in [9.17, 15) is 22.8 Å². The maximum atomic E-state index is 12.6. The number of halogens is 4. The van der Waals surface area contributed by atoms with Gasteiger partial charge in [-0.15, -0.1) is 0 Å². The van der Waals surface area contributed by atoms with Crippen molar-refractivity contribution < 1.29 is 27.5 Å². The summed E-state index contributed by atoms with van der Waals surface area (Å²) in [6, 6.07) is 1.83. The molecular formula is C15H18ClF3N2O3. The Bertz CT molecular complexity index is 620. The van der Waals surface area contributed by atoms with Crippen molar-refractivity contribution in [3.8, 4) is 0 Å². The molecule has 0 radical (unpaired) electrons. The number of anilines is 1. The zero-order chi connectivity index (χ0) is 18.7. The summed E-state index contributed by atoms with van der Waals surface area (Å²) in [5.74, 6) is -1.85. The SMILES string of the molecule is CC(C)[C@H](Nc1ccc(C(F)(F)F)cc1Cl)C(=O)O[C@H](C)C(N)=O. The van der Waals surface area contributed by atoms with Crippen LogP contribution in [0, 0.1) is 5.92 Å². The zero-order valence-corrected chi connectivity index (χ0v) is 14.0. The summed E-state index contributed by atoms with van der Waals surface area (Å²) in [5, 5.41) is 2.55. The second-order valence-electron chi connectivity index (χ2n) is 5.54. The summed E-state index contributed by atoms with van der Waals surface area (Å²) in [4.78, 5) is 23.1. The number of benzene rings is 1. The molecule has 9 heteroatoms. The van der Waals surface area contributed by atoms with E-state index in [1.165, 1.54) is 6.92 Å². The van der Waals surface area contributed by atoms with Gasteiger partial charge in [0.1, 0.15) is 6.04 Å². The molecule has 0 aliphatic heterocycles. The molecule has 0 unspecified atom stereocenters. The van der Waals surface area contributed by atoms with Gasteiger partial charge in [0.15, 0.2) is 6.10 Å². The molecule has 0 spiro atoms. The Labute approximate surface area is 142 Å². The van der Waals surface area contributed by atoms with Crippen LogP contribution in [0.1, 0.15) is 26.3 Å². The quantitative estimate of drug-likeness (QED) is 0.757. The minimum Gasteiger partial charge on any atom is -0.451 e. The standard InChI is InChI=1S/C15H18ClF3N2O3/c1-7(2)12(14(23)24-8(3)13(20)22)21-11-5-4-9(6-10(11)16)15(17,18)19/h4-8,12,21H,1-3H3,(H2,20,22)/t8-,12+/m1/s1. The van der Waals surface area contributed by atoms with Gasteiger partial charge >= 0.3 is 12.1 Å². The number of primary amides is 1. The van der Waals surface area contributed by atoms with Gasteiger partial charge in [-0.2, -0.15) is 13.2 Å². The van der Waals surface area contributed by atoms with E-state index in [2.05, 4.69) is 5.32 Å². The first-order chi connectivity index (χ1) is 10.9. The van der Waals surface area contributed by atoms with Crippen LogP contribution in [0.15, 0.2) is 18.2 Å². The lowest BCUT2D eigenvalue weighted by atomic mass is 10.0. The lowest BCUT2D eigenvalue weighted by molar-refractivity contribution is -0.155. The van der Waals surface area contributed by atoms with Gasteiger partial charge in [-0.1, -0.05) is 25.4 Å². The fraction of sp³-hybridized carbons (Fsp3) is 0.467. The van der Waals surface area contributed by atoms with Gasteiger partial charge in [-0.3, -0.25) is 4.79 Å². The maximum Gasteiger partial charge on any atom is 0.416 e. The Morgan fingerprint density at radius 3 is 2.25 bits per heavy atom. The van der Waals surface area contributed by atoms with Crippen LogP contribution in [-0.2, 0) is 20.5 Å². The molecule has 1 aromatic carbocycles. The lowest BCUT2D eigenvalue weighted by Gasteiger charge is -2.24. The van der Waals surface area contributed by atoms with Crippen molar-refractivity contribution in [3.05, 3.63) is 28.8 Å². The van der Waals surface area contributed by atoms with Crippen LogP contribution in [0.25, 0.3) is 0 Å². The average molecular weight is 367 g/mol. The fourth-order valence-electron chi connectivity index (χ4n) is 1.78. The Balaban J connectivity index is 2.97. The fourth-order valence-corrected chi connectivity index (χ4v) is 2.01. The van der Waals surface area contributed by atoms with Crippen molar-refractivity contribution in [1.82, 2.24) is 0 Å². The first-order valence-electron chi connectivity index (χ1n) is 7.06. The minimum atomic E-state index is -4.52. The molecule has 0 saturated carbocycles. The Morgan fingerprint density at radius 2 is 1.83 bits per heavy atom. The van der Waals surface area contributed by atoms with Gasteiger partial charge in [-0.25, -0.2) is 4.79 Å². The number of esters is 1. The van der Waals surface area contributed by atoms with Crippen LogP contribution in [0.4, 0.5) is 18.9 Å². The van der Waals surface area contributed by atoms with E-state index in [0.29, 0.717) is 0 Å². The van der Waals surface area contributed by atoms with E-state index < -0.39 is 35.8 Å². The van der Waals surface area contributed by atoms with Gasteiger partial charge in [0.25, 0.3) is 5.91 Å². The molecule has 1 aromatic rings. The molecule has 0 heterocycles. The number of hydrogen-bond acceptors (Lipinski definition) is 4. The molecule has 1 rings (SSSR count). The highest BCUT2D eigenvalue weighted by Gasteiger charge is 2.32. The number of amides is 1. The van der Waals surface area contributed by atoms with Crippen LogP contribution < -0.4 is 11.1 Å². The topological polar surface area (TPSA) is 81.4 Å². The summed E-state index contributed by atoms with van der Waals surface area (Å²) < 4.78 is 42.8. The lowest BCUT2D eigenvalue weighted by Crippen LogP contribution is -2.40. The van der Waals surface area contributed by atoms with Gasteiger partial charge in [-0.05, 0) is 31.0 Å². The van der Waals surface area contributed by atoms with Crippen LogP contribution in [-0.4, -0.2) is 24.0 Å². The van der Waals surface area contributed by atoms with E-state index in [4.69, 9.17) is 22.1 Å². The van der Waals surface area contributed by atoms with E-state index in [-0.39, 0.29) is 16.6 Å². The number of hydrogen-bond donors (Lipinski definition) is 2. The van der Waals surface area contributed by atoms with Gasteiger partial charge in [0.2, 0.25) is 0 Å². The van der Waals surface area contributed by atoms with Crippen molar-refractivity contribution in [3.63, 3.8) is 0 Å². The molecule has 2 atom stereocenters. The van der Waals surface area contributed by atoms with Crippen LogP contribution >= 0.6 is 11.6 Å². The van der Waals surface area contributed by atoms with E-state index in [0.717, 1.165) is 18.2 Å². The molecule has 0 bridgehead atoms. The smallest absolute Gasteiger partial charge is 0.416 e. The summed E-state index contributed by atoms with van der Waals surface area (Å²) >= 11 is 5.86. The van der Waals surface area contributed by atoms with Crippen LogP contribution in [0.5, 0.6) is 0 Å². The molecule has 0 aliphatic rings. The molecule has 3 N–H and O–H groups in total. The number of carbonyl (C=O) groups excluding carboxylic acids is 2. The molecule has 0 aromatic heterocycles. The number of nitrogens with two attached hydrogens (primary N) is 1. The molecular weight excluding hydrogens is 349 g/mol. The molecule has 0 fully saturated rings. The highest BCUT2D eigenvalue weighted by molar-refractivity contribution is 6.33. The largest absolute Gasteiger partial charge is 0.451 e. The monoisotopic (exact) mass is 366 g/mol. The van der Waals surface area contributed by atoms with E-state index >= 15 is 0 Å². The molecule has 134 valence electrons. The third kappa shape index (κ3) is 5.30. The summed E-state index contributed by atoms with van der Waals surface area (Å²) in [6.45, 7) is 4.72. The van der Waals surface area contributed by atoms with Crippen molar-refractivity contribution in [2.45, 2.75) is 39.1 Å². The summed E-state index contributed by atoms with van der Waals surface area (Å²) in [5.41, 5.74) is 4.28. The number of nitrogens with one attached hydrogen (secondary N) is 1. The Hall–Kier alpha value is -1.96. The molecule has 0 saturated heterocycles. The van der Waals surface area contributed by atoms with Crippen LogP contribution in [0.3, 0.4) is 0 Å². The van der Waals surface area contributed by atoms with Crippen molar-refractivity contribution in [2.75, 3.05) is 5.32 Å². The normalized spacial score (nSPS) is 14.2. The van der Waals surface area contributed by atoms with Gasteiger partial charge in [0.05, 0.1) is 16.3 Å². The third-order valence-corrected chi connectivity index (χ3v) is 3.53. The minimum absolute atomic E-state index is 0.145. The number of rotatable bonds is 6. The van der Waals surface area contributed by atoms with Crippen molar-refractivity contribution in [1.29, 1.82) is 0 Å². The predicted octanol–water partition coefficient (Wildman–Crippen LogP) is 3.21. The highest BCUT2D eigenvalue weighted by atomic mass is 35.5. The number of alkyl halides is 3. The van der Waals surface area contributed by atoms with Gasteiger partial charge in [0, 0.05) is 0 Å².